The minimum atomic E-state index is -0.390. The number of hydrogen-bond donors (Lipinski definition) is 0. The molecule has 0 amide bonds. The number of esters is 1. The second-order valence-corrected chi connectivity index (χ2v) is 9.71. The van der Waals surface area contributed by atoms with Gasteiger partial charge in [0, 0.05) is 18.8 Å². The molecule has 4 rings (SSSR count). The Balaban J connectivity index is 1.72. The smallest absolute Gasteiger partial charge is 0.337 e. The summed E-state index contributed by atoms with van der Waals surface area (Å²) < 4.78 is 15.6. The summed E-state index contributed by atoms with van der Waals surface area (Å²) in [6.45, 7) is 1.26. The number of amidine groups is 1. The van der Waals surface area contributed by atoms with Crippen molar-refractivity contribution in [1.82, 2.24) is 4.90 Å². The Morgan fingerprint density at radius 2 is 1.31 bits per heavy atom. The van der Waals surface area contributed by atoms with Crippen LogP contribution in [0.1, 0.15) is 27.0 Å². The lowest BCUT2D eigenvalue weighted by Crippen LogP contribution is -2.28. The summed E-state index contributed by atoms with van der Waals surface area (Å²) in [6.07, 6.45) is 0. The molecule has 0 radical (unpaired) electrons. The van der Waals surface area contributed by atoms with E-state index in [-0.39, 0.29) is 5.97 Å². The molecule has 0 fully saturated rings. The van der Waals surface area contributed by atoms with Crippen molar-refractivity contribution in [3.05, 3.63) is 125 Å². The van der Waals surface area contributed by atoms with E-state index < -0.39 is 0 Å². The standard InChI is InChI=1S/C32H32N2O4S/c1-36-29-16-12-24(13-17-29)21-34(22-25-14-18-30(37-2)19-15-25)32(39-23-26-8-5-4-6-9-26)33-28-11-7-10-27(20-28)31(35)38-3/h4-20H,21-23H2,1-3H3. The number of methoxy groups -OCH3 is 3. The second kappa shape index (κ2) is 14.1. The van der Waals surface area contributed by atoms with E-state index in [1.165, 1.54) is 12.7 Å². The lowest BCUT2D eigenvalue weighted by atomic mass is 10.1. The maximum atomic E-state index is 12.2. The number of benzene rings is 4. The lowest BCUT2D eigenvalue weighted by molar-refractivity contribution is 0.0600. The lowest BCUT2D eigenvalue weighted by Gasteiger charge is -2.26. The molecule has 0 aliphatic heterocycles. The van der Waals surface area contributed by atoms with Crippen LogP contribution in [-0.4, -0.2) is 37.4 Å². The Bertz CT molecular complexity index is 1320. The third-order valence-electron chi connectivity index (χ3n) is 6.04. The summed E-state index contributed by atoms with van der Waals surface area (Å²) in [5.74, 6) is 1.98. The summed E-state index contributed by atoms with van der Waals surface area (Å²) in [5.41, 5.74) is 4.60. The van der Waals surface area contributed by atoms with Crippen molar-refractivity contribution in [2.45, 2.75) is 18.8 Å². The molecule has 0 aromatic heterocycles. The van der Waals surface area contributed by atoms with E-state index in [1.54, 1.807) is 38.1 Å². The molecule has 7 heteroatoms. The van der Waals surface area contributed by atoms with Crippen molar-refractivity contribution in [2.75, 3.05) is 21.3 Å². The first-order valence-corrected chi connectivity index (χ1v) is 13.5. The Hall–Kier alpha value is -4.23. The minimum Gasteiger partial charge on any atom is -0.497 e. The average Bonchev–Trinajstić information content (AvgIpc) is 3.00. The number of nitrogens with zero attached hydrogens (tertiary/aromatic N) is 2. The Morgan fingerprint density at radius 3 is 1.85 bits per heavy atom. The van der Waals surface area contributed by atoms with E-state index in [2.05, 4.69) is 41.3 Å². The first-order chi connectivity index (χ1) is 19.1. The van der Waals surface area contributed by atoms with Gasteiger partial charge in [-0.25, -0.2) is 9.79 Å². The summed E-state index contributed by atoms with van der Waals surface area (Å²) >= 11 is 1.66. The Labute approximate surface area is 234 Å². The number of hydrogen-bond acceptors (Lipinski definition) is 6. The molecule has 0 aliphatic rings. The van der Waals surface area contributed by atoms with Crippen LogP contribution in [0.15, 0.2) is 108 Å². The number of thioether (sulfide) groups is 1. The molecular formula is C32H32N2O4S. The van der Waals surface area contributed by atoms with Crippen LogP contribution in [0.2, 0.25) is 0 Å². The van der Waals surface area contributed by atoms with Gasteiger partial charge in [0.1, 0.15) is 11.5 Å². The highest BCUT2D eigenvalue weighted by Crippen LogP contribution is 2.26. The third kappa shape index (κ3) is 8.12. The van der Waals surface area contributed by atoms with E-state index in [4.69, 9.17) is 19.2 Å². The van der Waals surface area contributed by atoms with Crippen LogP contribution in [0.25, 0.3) is 0 Å². The fraction of sp³-hybridized carbons (Fsp3) is 0.188. The van der Waals surface area contributed by atoms with Crippen molar-refractivity contribution >= 4 is 28.6 Å². The van der Waals surface area contributed by atoms with E-state index in [9.17, 15) is 4.79 Å². The van der Waals surface area contributed by atoms with Gasteiger partial charge in [-0.05, 0) is 59.2 Å². The number of rotatable bonds is 10. The topological polar surface area (TPSA) is 60.4 Å². The molecule has 6 nitrogen and oxygen atoms in total. The Kier molecular flexibility index (Phi) is 10.0. The van der Waals surface area contributed by atoms with Gasteiger partial charge in [-0.1, -0.05) is 72.4 Å². The van der Waals surface area contributed by atoms with E-state index >= 15 is 0 Å². The zero-order valence-corrected chi connectivity index (χ0v) is 23.2. The second-order valence-electron chi connectivity index (χ2n) is 8.76. The average molecular weight is 541 g/mol. The number of carbonyl (C=O) groups excluding carboxylic acids is 1. The van der Waals surface area contributed by atoms with Gasteiger partial charge >= 0.3 is 5.97 Å². The van der Waals surface area contributed by atoms with Crippen LogP contribution in [0, 0.1) is 0 Å². The number of carbonyl (C=O) groups is 1. The zero-order chi connectivity index (χ0) is 27.5. The molecule has 39 heavy (non-hydrogen) atoms. The van der Waals surface area contributed by atoms with Crippen molar-refractivity contribution in [1.29, 1.82) is 0 Å². The molecule has 0 saturated carbocycles. The number of ether oxygens (including phenoxy) is 3. The highest BCUT2D eigenvalue weighted by Gasteiger charge is 2.16. The molecule has 4 aromatic rings. The molecule has 0 aliphatic carbocycles. The molecule has 0 N–H and O–H groups in total. The van der Waals surface area contributed by atoms with Gasteiger partial charge in [-0.3, -0.25) is 0 Å². The highest BCUT2D eigenvalue weighted by molar-refractivity contribution is 8.13. The maximum absolute atomic E-state index is 12.2. The molecular weight excluding hydrogens is 508 g/mol. The molecule has 200 valence electrons. The van der Waals surface area contributed by atoms with Crippen LogP contribution in [0.4, 0.5) is 5.69 Å². The molecule has 0 heterocycles. The first-order valence-electron chi connectivity index (χ1n) is 12.5. The summed E-state index contributed by atoms with van der Waals surface area (Å²) in [5, 5.41) is 0.840. The quantitative estimate of drug-likeness (QED) is 0.121. The van der Waals surface area contributed by atoms with E-state index in [0.717, 1.165) is 33.5 Å². The molecule has 0 bridgehead atoms. The third-order valence-corrected chi connectivity index (χ3v) is 7.12. The Morgan fingerprint density at radius 1 is 0.718 bits per heavy atom. The van der Waals surface area contributed by atoms with Gasteiger partial charge in [-0.2, -0.15) is 0 Å². The molecule has 0 saturated heterocycles. The van der Waals surface area contributed by atoms with Gasteiger partial charge in [-0.15, -0.1) is 0 Å². The summed E-state index contributed by atoms with van der Waals surface area (Å²) in [4.78, 5) is 19.5. The predicted molar refractivity (Wildman–Crippen MR) is 158 cm³/mol. The molecule has 0 spiro atoms. The summed E-state index contributed by atoms with van der Waals surface area (Å²) in [6, 6.07) is 33.7. The van der Waals surface area contributed by atoms with Crippen molar-refractivity contribution < 1.29 is 19.0 Å². The van der Waals surface area contributed by atoms with E-state index in [1.807, 2.05) is 54.6 Å². The molecule has 0 unspecified atom stereocenters. The monoisotopic (exact) mass is 540 g/mol. The largest absolute Gasteiger partial charge is 0.497 e. The minimum absolute atomic E-state index is 0.390. The molecule has 0 atom stereocenters. The van der Waals surface area contributed by atoms with Gasteiger partial charge in [0.2, 0.25) is 0 Å². The first kappa shape index (κ1) is 27.8. The molecule has 4 aromatic carbocycles. The van der Waals surface area contributed by atoms with Crippen molar-refractivity contribution in [3.8, 4) is 11.5 Å². The fourth-order valence-corrected chi connectivity index (χ4v) is 4.91. The SMILES string of the molecule is COC(=O)c1cccc(N=C(SCc2ccccc2)N(Cc2ccc(OC)cc2)Cc2ccc(OC)cc2)c1. The van der Waals surface area contributed by atoms with Crippen LogP contribution in [0.5, 0.6) is 11.5 Å². The normalized spacial score (nSPS) is 11.1. The van der Waals surface area contributed by atoms with Gasteiger partial charge < -0.3 is 19.1 Å². The number of aliphatic imine (C=N–C) groups is 1. The van der Waals surface area contributed by atoms with Crippen LogP contribution >= 0.6 is 11.8 Å². The van der Waals surface area contributed by atoms with Gasteiger partial charge in [0.05, 0.1) is 32.6 Å². The van der Waals surface area contributed by atoms with Crippen molar-refractivity contribution in [2.24, 2.45) is 4.99 Å². The fourth-order valence-electron chi connectivity index (χ4n) is 3.94. The van der Waals surface area contributed by atoms with Crippen LogP contribution in [0.3, 0.4) is 0 Å². The maximum Gasteiger partial charge on any atom is 0.337 e. The van der Waals surface area contributed by atoms with Crippen LogP contribution in [-0.2, 0) is 23.6 Å². The van der Waals surface area contributed by atoms with E-state index in [0.29, 0.717) is 24.3 Å². The van der Waals surface area contributed by atoms with Crippen molar-refractivity contribution in [3.63, 3.8) is 0 Å². The predicted octanol–water partition coefficient (Wildman–Crippen LogP) is 7.11. The van der Waals surface area contributed by atoms with Crippen LogP contribution < -0.4 is 9.47 Å². The summed E-state index contributed by atoms with van der Waals surface area (Å²) in [7, 11) is 4.71. The van der Waals surface area contributed by atoms with Gasteiger partial charge in [0.15, 0.2) is 5.17 Å². The zero-order valence-electron chi connectivity index (χ0n) is 22.4. The highest BCUT2D eigenvalue weighted by atomic mass is 32.2. The van der Waals surface area contributed by atoms with Gasteiger partial charge in [0.25, 0.3) is 0 Å².